The van der Waals surface area contributed by atoms with E-state index < -0.39 is 5.97 Å². The van der Waals surface area contributed by atoms with E-state index in [0.29, 0.717) is 5.41 Å². The molecule has 1 heterocycles. The molecule has 0 saturated heterocycles. The van der Waals surface area contributed by atoms with Gasteiger partial charge in [-0.3, -0.25) is 0 Å². The average Bonchev–Trinajstić information content (AvgIpc) is 3.07. The summed E-state index contributed by atoms with van der Waals surface area (Å²) in [7, 11) is 0. The Morgan fingerprint density at radius 1 is 1.40 bits per heavy atom. The number of rotatable bonds is 4. The number of carboxylic acid groups (broad SMARTS) is 1. The third kappa shape index (κ3) is 2.17. The maximum Gasteiger partial charge on any atom is 0.335 e. The number of benzene rings is 1. The zero-order chi connectivity index (χ0) is 14.2. The first kappa shape index (κ1) is 13.1. The second kappa shape index (κ2) is 4.89. The van der Waals surface area contributed by atoms with Crippen molar-refractivity contribution in [1.29, 1.82) is 0 Å². The molecule has 0 bridgehead atoms. The van der Waals surface area contributed by atoms with Crippen molar-refractivity contribution in [2.75, 3.05) is 0 Å². The normalized spacial score (nSPS) is 17.6. The number of hydrogen-bond acceptors (Lipinski definition) is 3. The van der Waals surface area contributed by atoms with Gasteiger partial charge in [0.1, 0.15) is 5.52 Å². The summed E-state index contributed by atoms with van der Waals surface area (Å²) in [5, 5.41) is 17.5. The topological polar surface area (TPSA) is 68.0 Å². The first-order valence-electron chi connectivity index (χ1n) is 7.20. The van der Waals surface area contributed by atoms with Gasteiger partial charge in [-0.1, -0.05) is 25.0 Å². The molecule has 0 spiro atoms. The minimum absolute atomic E-state index is 0.290. The SMILES string of the molecule is CCC1(Cn2nnc3ccc(C(=O)O)cc32)CCCC1. The number of fused-ring (bicyclic) bond motifs is 1. The van der Waals surface area contributed by atoms with Crippen molar-refractivity contribution < 1.29 is 9.90 Å². The zero-order valence-electron chi connectivity index (χ0n) is 11.7. The number of carbonyl (C=O) groups is 1. The van der Waals surface area contributed by atoms with Crippen LogP contribution in [0.4, 0.5) is 0 Å². The Morgan fingerprint density at radius 3 is 2.80 bits per heavy atom. The van der Waals surface area contributed by atoms with Crippen LogP contribution >= 0.6 is 0 Å². The van der Waals surface area contributed by atoms with E-state index in [4.69, 9.17) is 5.11 Å². The van der Waals surface area contributed by atoms with Gasteiger partial charge >= 0.3 is 5.97 Å². The van der Waals surface area contributed by atoms with E-state index in [-0.39, 0.29) is 5.56 Å². The van der Waals surface area contributed by atoms with Crippen molar-refractivity contribution in [2.45, 2.75) is 45.6 Å². The van der Waals surface area contributed by atoms with Crippen LogP contribution in [-0.2, 0) is 6.54 Å². The number of aromatic carboxylic acids is 1. The molecule has 5 heteroatoms. The van der Waals surface area contributed by atoms with Crippen LogP contribution in [0.25, 0.3) is 11.0 Å². The Hall–Kier alpha value is -1.91. The largest absolute Gasteiger partial charge is 0.478 e. The molecule has 1 aromatic carbocycles. The summed E-state index contributed by atoms with van der Waals surface area (Å²) in [4.78, 5) is 11.1. The maximum absolute atomic E-state index is 11.1. The molecule has 0 unspecified atom stereocenters. The molecule has 0 radical (unpaired) electrons. The van der Waals surface area contributed by atoms with Crippen molar-refractivity contribution >= 4 is 17.0 Å². The summed E-state index contributed by atoms with van der Waals surface area (Å²) in [6.45, 7) is 3.07. The first-order chi connectivity index (χ1) is 9.63. The molecule has 1 aliphatic rings. The van der Waals surface area contributed by atoms with E-state index >= 15 is 0 Å². The van der Waals surface area contributed by atoms with Gasteiger partial charge in [0.25, 0.3) is 0 Å². The Balaban J connectivity index is 1.98. The molecule has 0 atom stereocenters. The van der Waals surface area contributed by atoms with Crippen LogP contribution in [0.5, 0.6) is 0 Å². The van der Waals surface area contributed by atoms with E-state index in [9.17, 15) is 4.79 Å². The van der Waals surface area contributed by atoms with Gasteiger partial charge in [0.2, 0.25) is 0 Å². The molecule has 20 heavy (non-hydrogen) atoms. The second-order valence-electron chi connectivity index (χ2n) is 5.82. The van der Waals surface area contributed by atoms with Crippen LogP contribution in [0.15, 0.2) is 18.2 Å². The molecule has 106 valence electrons. The molecule has 2 aromatic rings. The third-order valence-corrected chi connectivity index (χ3v) is 4.66. The average molecular weight is 273 g/mol. The number of hydrogen-bond donors (Lipinski definition) is 1. The molecular weight excluding hydrogens is 254 g/mol. The lowest BCUT2D eigenvalue weighted by Crippen LogP contribution is -2.23. The van der Waals surface area contributed by atoms with Crippen molar-refractivity contribution in [2.24, 2.45) is 5.41 Å². The van der Waals surface area contributed by atoms with Gasteiger partial charge < -0.3 is 5.11 Å². The Kier molecular flexibility index (Phi) is 3.20. The van der Waals surface area contributed by atoms with Crippen molar-refractivity contribution in [3.8, 4) is 0 Å². The van der Waals surface area contributed by atoms with Gasteiger partial charge in [0, 0.05) is 6.54 Å². The van der Waals surface area contributed by atoms with E-state index in [1.165, 1.54) is 25.7 Å². The maximum atomic E-state index is 11.1. The van der Waals surface area contributed by atoms with Gasteiger partial charge in [-0.25, -0.2) is 9.48 Å². The quantitative estimate of drug-likeness (QED) is 0.929. The number of carboxylic acids is 1. The molecule has 1 saturated carbocycles. The minimum atomic E-state index is -0.911. The summed E-state index contributed by atoms with van der Waals surface area (Å²) in [5.74, 6) is -0.911. The highest BCUT2D eigenvalue weighted by atomic mass is 16.4. The molecule has 1 aromatic heterocycles. The summed E-state index contributed by atoms with van der Waals surface area (Å²) in [6.07, 6.45) is 6.14. The van der Waals surface area contributed by atoms with Crippen molar-refractivity contribution in [3.63, 3.8) is 0 Å². The predicted octanol–water partition coefficient (Wildman–Crippen LogP) is 3.10. The van der Waals surface area contributed by atoms with Gasteiger partial charge in [-0.15, -0.1) is 5.10 Å². The Labute approximate surface area is 117 Å². The van der Waals surface area contributed by atoms with E-state index in [1.54, 1.807) is 18.2 Å². The summed E-state index contributed by atoms with van der Waals surface area (Å²) >= 11 is 0. The molecule has 5 nitrogen and oxygen atoms in total. The van der Waals surface area contributed by atoms with Crippen LogP contribution in [0.1, 0.15) is 49.4 Å². The van der Waals surface area contributed by atoms with Crippen LogP contribution < -0.4 is 0 Å². The molecule has 3 rings (SSSR count). The van der Waals surface area contributed by atoms with Crippen LogP contribution in [0, 0.1) is 5.41 Å². The Morgan fingerprint density at radius 2 is 2.15 bits per heavy atom. The highest BCUT2D eigenvalue weighted by Crippen LogP contribution is 2.42. The van der Waals surface area contributed by atoms with Gasteiger partial charge in [0.15, 0.2) is 0 Å². The number of aromatic nitrogens is 3. The lowest BCUT2D eigenvalue weighted by Gasteiger charge is -2.27. The summed E-state index contributed by atoms with van der Waals surface area (Å²) < 4.78 is 1.89. The molecule has 0 aliphatic heterocycles. The zero-order valence-corrected chi connectivity index (χ0v) is 11.7. The predicted molar refractivity (Wildman–Crippen MR) is 75.7 cm³/mol. The van der Waals surface area contributed by atoms with E-state index in [1.807, 2.05) is 4.68 Å². The third-order valence-electron chi connectivity index (χ3n) is 4.66. The highest BCUT2D eigenvalue weighted by Gasteiger charge is 2.33. The van der Waals surface area contributed by atoms with Crippen LogP contribution in [-0.4, -0.2) is 26.1 Å². The smallest absolute Gasteiger partial charge is 0.335 e. The fourth-order valence-electron chi connectivity index (χ4n) is 3.28. The lowest BCUT2D eigenvalue weighted by molar-refractivity contribution is 0.0697. The van der Waals surface area contributed by atoms with E-state index in [2.05, 4.69) is 17.2 Å². The van der Waals surface area contributed by atoms with Crippen molar-refractivity contribution in [1.82, 2.24) is 15.0 Å². The monoisotopic (exact) mass is 273 g/mol. The van der Waals surface area contributed by atoms with E-state index in [0.717, 1.165) is 24.0 Å². The van der Waals surface area contributed by atoms with Gasteiger partial charge in [-0.2, -0.15) is 0 Å². The van der Waals surface area contributed by atoms with Crippen LogP contribution in [0.3, 0.4) is 0 Å². The van der Waals surface area contributed by atoms with Crippen molar-refractivity contribution in [3.05, 3.63) is 23.8 Å². The lowest BCUT2D eigenvalue weighted by atomic mass is 9.83. The van der Waals surface area contributed by atoms with Gasteiger partial charge in [-0.05, 0) is 42.9 Å². The molecule has 1 N–H and O–H groups in total. The standard InChI is InChI=1S/C15H19N3O2/c1-2-15(7-3-4-8-15)10-18-13-9-11(14(19)20)5-6-12(13)16-17-18/h5-6,9H,2-4,7-8,10H2,1H3,(H,19,20). The summed E-state index contributed by atoms with van der Waals surface area (Å²) in [6, 6.07) is 4.99. The number of nitrogens with zero attached hydrogens (tertiary/aromatic N) is 3. The molecule has 1 fully saturated rings. The van der Waals surface area contributed by atoms with Crippen LogP contribution in [0.2, 0.25) is 0 Å². The molecular formula is C15H19N3O2. The first-order valence-corrected chi connectivity index (χ1v) is 7.20. The molecule has 1 aliphatic carbocycles. The summed E-state index contributed by atoms with van der Waals surface area (Å²) in [5.41, 5.74) is 2.18. The fraction of sp³-hybridized carbons (Fsp3) is 0.533. The Bertz CT molecular complexity index is 642. The highest BCUT2D eigenvalue weighted by molar-refractivity contribution is 5.92. The fourth-order valence-corrected chi connectivity index (χ4v) is 3.28. The minimum Gasteiger partial charge on any atom is -0.478 e. The second-order valence-corrected chi connectivity index (χ2v) is 5.82. The molecule has 0 amide bonds. The van der Waals surface area contributed by atoms with Gasteiger partial charge in [0.05, 0.1) is 11.1 Å².